The number of benzene rings is 1. The Morgan fingerprint density at radius 3 is 2.47 bits per heavy atom. The van der Waals surface area contributed by atoms with Crippen molar-refractivity contribution in [3.8, 4) is 0 Å². The fraction of sp³-hybridized carbons (Fsp3) is 0.417. The van der Waals surface area contributed by atoms with Crippen molar-refractivity contribution in [1.29, 1.82) is 0 Å². The quantitative estimate of drug-likeness (QED) is 0.832. The van der Waals surface area contributed by atoms with Gasteiger partial charge in [0, 0.05) is 0 Å². The molecule has 1 aromatic carbocycles. The fourth-order valence-electron chi connectivity index (χ4n) is 1.55. The minimum Gasteiger partial charge on any atom is -0.481 e. The van der Waals surface area contributed by atoms with Crippen LogP contribution in [-0.4, -0.2) is 11.1 Å². The van der Waals surface area contributed by atoms with Crippen molar-refractivity contribution in [3.05, 3.63) is 34.6 Å². The lowest BCUT2D eigenvalue weighted by Crippen LogP contribution is -2.05. The van der Waals surface area contributed by atoms with E-state index in [4.69, 9.17) is 5.11 Å². The van der Waals surface area contributed by atoms with Gasteiger partial charge in [-0.15, -0.1) is 0 Å². The number of carboxylic acid groups (broad SMARTS) is 1. The molecule has 2 nitrogen and oxygen atoms in total. The molecule has 0 fully saturated rings. The van der Waals surface area contributed by atoms with Gasteiger partial charge in [-0.2, -0.15) is 0 Å². The molecule has 0 aliphatic heterocycles. The first kappa shape index (κ1) is 11.7. The molecule has 0 spiro atoms. The third-order valence-corrected chi connectivity index (χ3v) is 2.62. The Bertz CT molecular complexity index is 385. The Kier molecular flexibility index (Phi) is 3.45. The summed E-state index contributed by atoms with van der Waals surface area (Å²) < 4.78 is 13.5. The van der Waals surface area contributed by atoms with Gasteiger partial charge in [-0.05, 0) is 42.5 Å². The van der Waals surface area contributed by atoms with Crippen LogP contribution >= 0.6 is 0 Å². The average molecular weight is 210 g/mol. The van der Waals surface area contributed by atoms with E-state index in [0.29, 0.717) is 5.56 Å². The minimum absolute atomic E-state index is 0.0422. The van der Waals surface area contributed by atoms with E-state index in [1.807, 2.05) is 13.8 Å². The van der Waals surface area contributed by atoms with Crippen molar-refractivity contribution in [3.63, 3.8) is 0 Å². The summed E-state index contributed by atoms with van der Waals surface area (Å²) in [6.07, 6.45) is -0.0422. The van der Waals surface area contributed by atoms with Crippen LogP contribution in [0.5, 0.6) is 0 Å². The molecule has 1 atom stereocenters. The van der Waals surface area contributed by atoms with Gasteiger partial charge in [-0.3, -0.25) is 4.79 Å². The second-order valence-electron chi connectivity index (χ2n) is 3.96. The third-order valence-electron chi connectivity index (χ3n) is 2.62. The first-order valence-electron chi connectivity index (χ1n) is 4.90. The van der Waals surface area contributed by atoms with Gasteiger partial charge in [0.1, 0.15) is 5.82 Å². The van der Waals surface area contributed by atoms with E-state index in [1.165, 1.54) is 6.07 Å². The molecule has 3 heteroatoms. The van der Waals surface area contributed by atoms with Crippen LogP contribution < -0.4 is 0 Å². The van der Waals surface area contributed by atoms with Crippen LogP contribution in [0.1, 0.15) is 36.0 Å². The van der Waals surface area contributed by atoms with E-state index in [2.05, 4.69) is 0 Å². The molecule has 0 heterocycles. The number of carbonyl (C=O) groups is 1. The Hall–Kier alpha value is -1.38. The molecule has 1 rings (SSSR count). The van der Waals surface area contributed by atoms with Crippen LogP contribution in [0, 0.1) is 19.7 Å². The predicted molar refractivity (Wildman–Crippen MR) is 56.5 cm³/mol. The number of carboxylic acids is 1. The predicted octanol–water partition coefficient (Wildman–Crippen LogP) is 3.02. The fourth-order valence-corrected chi connectivity index (χ4v) is 1.55. The maximum absolute atomic E-state index is 13.5. The number of rotatable bonds is 3. The molecule has 0 aliphatic carbocycles. The first-order chi connectivity index (χ1) is 6.91. The first-order valence-corrected chi connectivity index (χ1v) is 4.90. The van der Waals surface area contributed by atoms with Gasteiger partial charge < -0.3 is 5.11 Å². The highest BCUT2D eigenvalue weighted by atomic mass is 19.1. The van der Waals surface area contributed by atoms with E-state index in [-0.39, 0.29) is 18.2 Å². The summed E-state index contributed by atoms with van der Waals surface area (Å²) in [6, 6.07) is 3.20. The monoisotopic (exact) mass is 210 g/mol. The Labute approximate surface area is 88.7 Å². The zero-order valence-electron chi connectivity index (χ0n) is 9.17. The number of halogens is 1. The standard InChI is InChI=1S/C12H15FO2/c1-7-4-10(9(3)6-12(14)15)11(13)5-8(7)2/h4-5,9H,6H2,1-3H3,(H,14,15). The van der Waals surface area contributed by atoms with Crippen molar-refractivity contribution in [1.82, 2.24) is 0 Å². The molecule has 0 aromatic heterocycles. The summed E-state index contributed by atoms with van der Waals surface area (Å²) in [4.78, 5) is 10.5. The zero-order valence-corrected chi connectivity index (χ0v) is 9.17. The summed E-state index contributed by atoms with van der Waals surface area (Å²) in [6.45, 7) is 5.46. The second kappa shape index (κ2) is 4.43. The van der Waals surface area contributed by atoms with Gasteiger partial charge >= 0.3 is 5.97 Å². The maximum Gasteiger partial charge on any atom is 0.303 e. The van der Waals surface area contributed by atoms with Crippen LogP contribution in [0.15, 0.2) is 12.1 Å². The molecular formula is C12H15FO2. The number of aliphatic carboxylic acids is 1. The van der Waals surface area contributed by atoms with E-state index >= 15 is 0 Å². The number of aryl methyl sites for hydroxylation is 2. The lowest BCUT2D eigenvalue weighted by atomic mass is 9.94. The summed E-state index contributed by atoms with van der Waals surface area (Å²) in [5.41, 5.74) is 2.36. The molecule has 0 amide bonds. The van der Waals surface area contributed by atoms with Crippen molar-refractivity contribution in [2.75, 3.05) is 0 Å². The van der Waals surface area contributed by atoms with Gasteiger partial charge in [0.05, 0.1) is 6.42 Å². The molecule has 0 saturated carbocycles. The van der Waals surface area contributed by atoms with Crippen LogP contribution in [-0.2, 0) is 4.79 Å². The number of hydrogen-bond acceptors (Lipinski definition) is 1. The lowest BCUT2D eigenvalue weighted by molar-refractivity contribution is -0.137. The number of hydrogen-bond donors (Lipinski definition) is 1. The summed E-state index contributed by atoms with van der Waals surface area (Å²) >= 11 is 0. The zero-order chi connectivity index (χ0) is 11.6. The highest BCUT2D eigenvalue weighted by Crippen LogP contribution is 2.24. The smallest absolute Gasteiger partial charge is 0.303 e. The third kappa shape index (κ3) is 2.78. The topological polar surface area (TPSA) is 37.3 Å². The van der Waals surface area contributed by atoms with Crippen LogP contribution in [0.2, 0.25) is 0 Å². The molecule has 1 unspecified atom stereocenters. The average Bonchev–Trinajstić information content (AvgIpc) is 2.09. The maximum atomic E-state index is 13.5. The van der Waals surface area contributed by atoms with Gasteiger partial charge in [0.2, 0.25) is 0 Å². The molecule has 1 aromatic rings. The highest BCUT2D eigenvalue weighted by molar-refractivity contribution is 5.68. The summed E-state index contributed by atoms with van der Waals surface area (Å²) in [5, 5.41) is 8.64. The highest BCUT2D eigenvalue weighted by Gasteiger charge is 2.15. The summed E-state index contributed by atoms with van der Waals surface area (Å²) in [7, 11) is 0. The molecular weight excluding hydrogens is 195 g/mol. The van der Waals surface area contributed by atoms with Gasteiger partial charge in [0.25, 0.3) is 0 Å². The van der Waals surface area contributed by atoms with Crippen LogP contribution in [0.25, 0.3) is 0 Å². The molecule has 0 aliphatic rings. The lowest BCUT2D eigenvalue weighted by Gasteiger charge is -2.12. The molecule has 0 radical (unpaired) electrons. The largest absolute Gasteiger partial charge is 0.481 e. The van der Waals surface area contributed by atoms with Crippen molar-refractivity contribution in [2.45, 2.75) is 33.1 Å². The van der Waals surface area contributed by atoms with Gasteiger partial charge in [0.15, 0.2) is 0 Å². The van der Waals surface area contributed by atoms with E-state index in [1.54, 1.807) is 13.0 Å². The van der Waals surface area contributed by atoms with E-state index in [9.17, 15) is 9.18 Å². The molecule has 0 bridgehead atoms. The second-order valence-corrected chi connectivity index (χ2v) is 3.96. The van der Waals surface area contributed by atoms with Gasteiger partial charge in [-0.25, -0.2) is 4.39 Å². The van der Waals surface area contributed by atoms with Gasteiger partial charge in [-0.1, -0.05) is 13.0 Å². The minimum atomic E-state index is -0.903. The van der Waals surface area contributed by atoms with Crippen molar-refractivity contribution in [2.24, 2.45) is 0 Å². The normalized spacial score (nSPS) is 12.5. The van der Waals surface area contributed by atoms with E-state index in [0.717, 1.165) is 11.1 Å². The molecule has 1 N–H and O–H groups in total. The summed E-state index contributed by atoms with van der Waals surface area (Å²) in [5.74, 6) is -1.51. The SMILES string of the molecule is Cc1cc(F)c(C(C)CC(=O)O)cc1C. The van der Waals surface area contributed by atoms with Crippen LogP contribution in [0.3, 0.4) is 0 Å². The van der Waals surface area contributed by atoms with Crippen molar-refractivity contribution >= 4 is 5.97 Å². The Morgan fingerprint density at radius 1 is 1.40 bits per heavy atom. The van der Waals surface area contributed by atoms with E-state index < -0.39 is 5.97 Å². The van der Waals surface area contributed by atoms with Crippen LogP contribution in [0.4, 0.5) is 4.39 Å². The molecule has 82 valence electrons. The molecule has 15 heavy (non-hydrogen) atoms. The Balaban J connectivity index is 3.03. The molecule has 0 saturated heterocycles. The Morgan fingerprint density at radius 2 is 1.93 bits per heavy atom. The van der Waals surface area contributed by atoms with Crippen molar-refractivity contribution < 1.29 is 14.3 Å².